The van der Waals surface area contributed by atoms with Crippen molar-refractivity contribution < 1.29 is 0 Å². The standard InChI is InChI=1S/C12H16ClN/c1-10(14-2)6-7-11-4-3-5-12(13)9-8-11/h3-5,8-9,12H,6-7H2,1-2H3/b14-10+. The number of rotatable bonds is 3. The Kier molecular flexibility index (Phi) is 4.68. The number of halogens is 1. The van der Waals surface area contributed by atoms with Crippen molar-refractivity contribution in [1.29, 1.82) is 0 Å². The zero-order valence-corrected chi connectivity index (χ0v) is 9.46. The van der Waals surface area contributed by atoms with E-state index in [1.54, 1.807) is 0 Å². The maximum atomic E-state index is 5.95. The summed E-state index contributed by atoms with van der Waals surface area (Å²) in [6, 6.07) is 0. The van der Waals surface area contributed by atoms with Gasteiger partial charge < -0.3 is 0 Å². The summed E-state index contributed by atoms with van der Waals surface area (Å²) in [5.41, 5.74) is 2.50. The second-order valence-corrected chi connectivity index (χ2v) is 3.89. The molecule has 2 heteroatoms. The molecule has 1 unspecified atom stereocenters. The topological polar surface area (TPSA) is 12.4 Å². The third kappa shape index (κ3) is 3.93. The van der Waals surface area contributed by atoms with Crippen LogP contribution in [0.15, 0.2) is 40.9 Å². The molecule has 1 nitrogen and oxygen atoms in total. The normalized spacial score (nSPS) is 22.1. The van der Waals surface area contributed by atoms with Crippen LogP contribution in [0.25, 0.3) is 0 Å². The Morgan fingerprint density at radius 1 is 1.50 bits per heavy atom. The molecule has 0 fully saturated rings. The average Bonchev–Trinajstić information content (AvgIpc) is 2.39. The fraction of sp³-hybridized carbons (Fsp3) is 0.417. The molecule has 0 aromatic carbocycles. The van der Waals surface area contributed by atoms with Crippen LogP contribution in [0.2, 0.25) is 0 Å². The van der Waals surface area contributed by atoms with Gasteiger partial charge in [-0.25, -0.2) is 0 Å². The van der Waals surface area contributed by atoms with Gasteiger partial charge in [-0.05, 0) is 25.3 Å². The van der Waals surface area contributed by atoms with E-state index in [9.17, 15) is 0 Å². The Labute approximate surface area is 90.9 Å². The van der Waals surface area contributed by atoms with Gasteiger partial charge in [0.2, 0.25) is 0 Å². The van der Waals surface area contributed by atoms with Gasteiger partial charge in [-0.1, -0.05) is 30.4 Å². The average molecular weight is 210 g/mol. The maximum absolute atomic E-state index is 5.95. The number of allylic oxidation sites excluding steroid dienone is 6. The maximum Gasteiger partial charge on any atom is 0.0703 e. The molecule has 0 N–H and O–H groups in total. The predicted molar refractivity (Wildman–Crippen MR) is 64.3 cm³/mol. The second kappa shape index (κ2) is 5.82. The van der Waals surface area contributed by atoms with Crippen LogP contribution in [0.4, 0.5) is 0 Å². The molecule has 0 spiro atoms. The molecule has 1 atom stereocenters. The monoisotopic (exact) mass is 209 g/mol. The summed E-state index contributed by atoms with van der Waals surface area (Å²) in [6.07, 6.45) is 12.3. The lowest BCUT2D eigenvalue weighted by atomic mass is 10.1. The Bertz CT molecular complexity index is 297. The highest BCUT2D eigenvalue weighted by Gasteiger charge is 1.99. The largest absolute Gasteiger partial charge is 0.298 e. The van der Waals surface area contributed by atoms with E-state index in [1.807, 2.05) is 25.3 Å². The number of alkyl halides is 1. The molecule has 0 saturated carbocycles. The van der Waals surface area contributed by atoms with Crippen LogP contribution >= 0.6 is 11.6 Å². The first-order valence-electron chi connectivity index (χ1n) is 4.84. The van der Waals surface area contributed by atoms with Crippen LogP contribution in [-0.4, -0.2) is 18.1 Å². The molecular formula is C12H16ClN. The third-order valence-corrected chi connectivity index (χ3v) is 2.55. The molecule has 76 valence electrons. The molecular weight excluding hydrogens is 194 g/mol. The molecule has 0 bridgehead atoms. The van der Waals surface area contributed by atoms with E-state index >= 15 is 0 Å². The van der Waals surface area contributed by atoms with Gasteiger partial charge in [-0.3, -0.25) is 4.99 Å². The van der Waals surface area contributed by atoms with Crippen LogP contribution in [0.3, 0.4) is 0 Å². The number of hydrogen-bond acceptors (Lipinski definition) is 1. The van der Waals surface area contributed by atoms with Crippen LogP contribution in [-0.2, 0) is 0 Å². The van der Waals surface area contributed by atoms with Gasteiger partial charge in [0.15, 0.2) is 0 Å². The first kappa shape index (κ1) is 11.3. The van der Waals surface area contributed by atoms with Gasteiger partial charge in [0.25, 0.3) is 0 Å². The molecule has 0 amide bonds. The van der Waals surface area contributed by atoms with E-state index < -0.39 is 0 Å². The highest BCUT2D eigenvalue weighted by molar-refractivity contribution is 6.23. The van der Waals surface area contributed by atoms with Crippen molar-refractivity contribution >= 4 is 17.3 Å². The minimum absolute atomic E-state index is 0.0321. The van der Waals surface area contributed by atoms with E-state index in [-0.39, 0.29) is 5.38 Å². The summed E-state index contributed by atoms with van der Waals surface area (Å²) >= 11 is 5.95. The van der Waals surface area contributed by atoms with Crippen molar-refractivity contribution in [3.05, 3.63) is 36.0 Å². The van der Waals surface area contributed by atoms with Gasteiger partial charge in [0.1, 0.15) is 0 Å². The lowest BCUT2D eigenvalue weighted by molar-refractivity contribution is 1.03. The highest BCUT2D eigenvalue weighted by atomic mass is 35.5. The summed E-state index contributed by atoms with van der Waals surface area (Å²) in [7, 11) is 1.83. The van der Waals surface area contributed by atoms with Crippen LogP contribution in [0.5, 0.6) is 0 Å². The summed E-state index contributed by atoms with van der Waals surface area (Å²) in [5.74, 6) is 0. The lowest BCUT2D eigenvalue weighted by Gasteiger charge is -2.00. The summed E-state index contributed by atoms with van der Waals surface area (Å²) < 4.78 is 0. The number of hydrogen-bond donors (Lipinski definition) is 0. The van der Waals surface area contributed by atoms with E-state index in [2.05, 4.69) is 24.1 Å². The Balaban J connectivity index is 2.50. The zero-order valence-electron chi connectivity index (χ0n) is 8.70. The molecule has 0 aromatic rings. The fourth-order valence-corrected chi connectivity index (χ4v) is 1.38. The minimum atomic E-state index is 0.0321. The van der Waals surface area contributed by atoms with Crippen molar-refractivity contribution in [2.45, 2.75) is 25.1 Å². The number of nitrogens with zero attached hydrogens (tertiary/aromatic N) is 1. The van der Waals surface area contributed by atoms with E-state index in [0.29, 0.717) is 0 Å². The second-order valence-electron chi connectivity index (χ2n) is 3.39. The Morgan fingerprint density at radius 3 is 3.00 bits per heavy atom. The first-order valence-corrected chi connectivity index (χ1v) is 5.28. The van der Waals surface area contributed by atoms with Crippen LogP contribution in [0.1, 0.15) is 19.8 Å². The van der Waals surface area contributed by atoms with Crippen molar-refractivity contribution in [2.75, 3.05) is 7.05 Å². The minimum Gasteiger partial charge on any atom is -0.298 e. The van der Waals surface area contributed by atoms with Crippen molar-refractivity contribution in [3.63, 3.8) is 0 Å². The van der Waals surface area contributed by atoms with Crippen LogP contribution in [0, 0.1) is 0 Å². The summed E-state index contributed by atoms with van der Waals surface area (Å²) in [5, 5.41) is 0.0321. The number of aliphatic imine (C=N–C) groups is 1. The van der Waals surface area contributed by atoms with Crippen molar-refractivity contribution in [3.8, 4) is 0 Å². The van der Waals surface area contributed by atoms with Crippen molar-refractivity contribution in [2.24, 2.45) is 4.99 Å². The molecule has 0 aromatic heterocycles. The zero-order chi connectivity index (χ0) is 10.4. The molecule has 1 aliphatic carbocycles. The first-order chi connectivity index (χ1) is 6.72. The van der Waals surface area contributed by atoms with Crippen molar-refractivity contribution in [1.82, 2.24) is 0 Å². The highest BCUT2D eigenvalue weighted by Crippen LogP contribution is 2.14. The Hall–Kier alpha value is -0.820. The molecule has 1 rings (SSSR count). The SMILES string of the molecule is C/N=C(\C)CCC1=CC=CC(Cl)C=C1. The Morgan fingerprint density at radius 2 is 2.29 bits per heavy atom. The summed E-state index contributed by atoms with van der Waals surface area (Å²) in [6.45, 7) is 2.06. The van der Waals surface area contributed by atoms with Gasteiger partial charge in [0, 0.05) is 12.8 Å². The predicted octanol–water partition coefficient (Wildman–Crippen LogP) is 3.52. The molecule has 1 aliphatic rings. The smallest absolute Gasteiger partial charge is 0.0703 e. The molecule has 0 aliphatic heterocycles. The van der Waals surface area contributed by atoms with Gasteiger partial charge in [0.05, 0.1) is 5.38 Å². The van der Waals surface area contributed by atoms with E-state index in [1.165, 1.54) is 11.3 Å². The van der Waals surface area contributed by atoms with Gasteiger partial charge in [-0.2, -0.15) is 0 Å². The molecule has 0 heterocycles. The third-order valence-electron chi connectivity index (χ3n) is 2.26. The van der Waals surface area contributed by atoms with E-state index in [0.717, 1.165) is 12.8 Å². The molecule has 0 radical (unpaired) electrons. The van der Waals surface area contributed by atoms with Gasteiger partial charge >= 0.3 is 0 Å². The van der Waals surface area contributed by atoms with Crippen LogP contribution < -0.4 is 0 Å². The molecule has 0 saturated heterocycles. The summed E-state index contributed by atoms with van der Waals surface area (Å²) in [4.78, 5) is 4.13. The fourth-order valence-electron chi connectivity index (χ4n) is 1.22. The lowest BCUT2D eigenvalue weighted by Crippen LogP contribution is -1.91. The van der Waals surface area contributed by atoms with Gasteiger partial charge in [-0.15, -0.1) is 11.6 Å². The van der Waals surface area contributed by atoms with E-state index in [4.69, 9.17) is 11.6 Å². The quantitative estimate of drug-likeness (QED) is 0.498. The molecule has 14 heavy (non-hydrogen) atoms.